The monoisotopic (exact) mass is 335 g/mol. The summed E-state index contributed by atoms with van der Waals surface area (Å²) >= 11 is 1.68. The molecule has 0 atom stereocenters. The van der Waals surface area contributed by atoms with Crippen molar-refractivity contribution in [3.8, 4) is 5.75 Å². The van der Waals surface area contributed by atoms with Crippen molar-refractivity contribution < 1.29 is 4.74 Å². The number of aryl methyl sites for hydroxylation is 1. The van der Waals surface area contributed by atoms with E-state index in [2.05, 4.69) is 32.7 Å². The van der Waals surface area contributed by atoms with Crippen molar-refractivity contribution in [2.24, 2.45) is 7.05 Å². The number of ether oxygens (including phenoxy) is 1. The zero-order valence-corrected chi connectivity index (χ0v) is 14.2. The Morgan fingerprint density at radius 3 is 2.67 bits per heavy atom. The van der Waals surface area contributed by atoms with Crippen molar-refractivity contribution in [1.29, 1.82) is 0 Å². The first-order valence-electron chi connectivity index (χ1n) is 7.79. The maximum Gasteiger partial charge on any atom is 0.147 e. The first kappa shape index (κ1) is 14.9. The first-order valence-corrected chi connectivity index (χ1v) is 8.67. The van der Waals surface area contributed by atoms with Crippen LogP contribution >= 0.6 is 11.3 Å². The molecule has 0 fully saturated rings. The minimum atomic E-state index is 0.458. The molecule has 0 radical (unpaired) electrons. The smallest absolute Gasteiger partial charge is 0.147 e. The Bertz CT molecular complexity index is 943. The summed E-state index contributed by atoms with van der Waals surface area (Å²) in [5, 5.41) is 0. The van der Waals surface area contributed by atoms with Crippen molar-refractivity contribution in [2.75, 3.05) is 0 Å². The summed E-state index contributed by atoms with van der Waals surface area (Å²) in [6, 6.07) is 16.3. The lowest BCUT2D eigenvalue weighted by molar-refractivity contribution is 0.292. The molecule has 5 heteroatoms. The van der Waals surface area contributed by atoms with Gasteiger partial charge in [-0.2, -0.15) is 0 Å². The Labute approximate surface area is 144 Å². The number of aromatic nitrogens is 3. The molecule has 0 N–H and O–H groups in total. The fourth-order valence-electron chi connectivity index (χ4n) is 2.71. The van der Waals surface area contributed by atoms with Gasteiger partial charge in [-0.15, -0.1) is 11.3 Å². The summed E-state index contributed by atoms with van der Waals surface area (Å²) in [7, 11) is 2.02. The van der Waals surface area contributed by atoms with Crippen LogP contribution in [-0.4, -0.2) is 14.5 Å². The molecule has 0 spiro atoms. The van der Waals surface area contributed by atoms with E-state index in [9.17, 15) is 0 Å². The van der Waals surface area contributed by atoms with E-state index in [0.29, 0.717) is 6.61 Å². The number of imidazole rings is 1. The topological polar surface area (TPSA) is 39.9 Å². The highest BCUT2D eigenvalue weighted by atomic mass is 32.1. The summed E-state index contributed by atoms with van der Waals surface area (Å²) in [5.74, 6) is 1.78. The van der Waals surface area contributed by atoms with Crippen LogP contribution in [0, 0.1) is 0 Å². The molecule has 0 amide bonds. The Morgan fingerprint density at radius 2 is 1.92 bits per heavy atom. The molecule has 4 rings (SSSR count). The van der Waals surface area contributed by atoms with E-state index >= 15 is 0 Å². The van der Waals surface area contributed by atoms with Crippen molar-refractivity contribution in [2.45, 2.75) is 13.0 Å². The van der Waals surface area contributed by atoms with Crippen molar-refractivity contribution in [3.05, 3.63) is 76.5 Å². The summed E-state index contributed by atoms with van der Waals surface area (Å²) < 4.78 is 7.98. The second-order valence-electron chi connectivity index (χ2n) is 5.65. The van der Waals surface area contributed by atoms with E-state index in [1.807, 2.05) is 49.1 Å². The van der Waals surface area contributed by atoms with Crippen LogP contribution in [0.4, 0.5) is 0 Å². The van der Waals surface area contributed by atoms with Crippen LogP contribution in [0.3, 0.4) is 0 Å². The summed E-state index contributed by atoms with van der Waals surface area (Å²) in [6.45, 7) is 0.458. The molecule has 0 saturated heterocycles. The van der Waals surface area contributed by atoms with Gasteiger partial charge >= 0.3 is 0 Å². The molecule has 0 unspecified atom stereocenters. The predicted octanol–water partition coefficient (Wildman–Crippen LogP) is 4.20. The largest absolute Gasteiger partial charge is 0.486 e. The number of rotatable bonds is 5. The highest BCUT2D eigenvalue weighted by Crippen LogP contribution is 2.19. The van der Waals surface area contributed by atoms with Crippen LogP contribution in [0.1, 0.15) is 16.3 Å². The Morgan fingerprint density at radius 1 is 1.08 bits per heavy atom. The van der Waals surface area contributed by atoms with Gasteiger partial charge < -0.3 is 9.30 Å². The molecule has 0 bridgehead atoms. The van der Waals surface area contributed by atoms with E-state index in [0.717, 1.165) is 29.0 Å². The van der Waals surface area contributed by atoms with Crippen molar-refractivity contribution >= 4 is 22.4 Å². The zero-order valence-electron chi connectivity index (χ0n) is 13.3. The molecule has 24 heavy (non-hydrogen) atoms. The molecular weight excluding hydrogens is 318 g/mol. The number of benzene rings is 2. The third kappa shape index (κ3) is 3.03. The Hall–Kier alpha value is -2.66. The standard InChI is InChI=1S/C19H17N3OS/c1-22-18-5-3-2-4-17(18)21-19(22)12-23-15-8-6-14(7-9-15)10-16-11-20-13-24-16/h2-9,11,13H,10,12H2,1H3. The lowest BCUT2D eigenvalue weighted by Crippen LogP contribution is -2.03. The zero-order chi connectivity index (χ0) is 16.4. The van der Waals surface area contributed by atoms with Crippen LogP contribution < -0.4 is 4.74 Å². The van der Waals surface area contributed by atoms with Crippen molar-refractivity contribution in [1.82, 2.24) is 14.5 Å². The van der Waals surface area contributed by atoms with Crippen LogP contribution in [0.2, 0.25) is 0 Å². The Kier molecular flexibility index (Phi) is 4.01. The molecule has 0 aliphatic heterocycles. The number of hydrogen-bond donors (Lipinski definition) is 0. The normalized spacial score (nSPS) is 11.0. The Balaban J connectivity index is 1.44. The van der Waals surface area contributed by atoms with Gasteiger partial charge in [0.1, 0.15) is 18.2 Å². The van der Waals surface area contributed by atoms with Gasteiger partial charge in [0.2, 0.25) is 0 Å². The van der Waals surface area contributed by atoms with Crippen LogP contribution in [0.25, 0.3) is 11.0 Å². The molecule has 120 valence electrons. The quantitative estimate of drug-likeness (QED) is 0.549. The molecule has 4 aromatic rings. The molecule has 2 aromatic carbocycles. The van der Waals surface area contributed by atoms with E-state index in [1.54, 1.807) is 11.3 Å². The van der Waals surface area contributed by atoms with Gasteiger partial charge in [-0.05, 0) is 29.8 Å². The summed E-state index contributed by atoms with van der Waals surface area (Å²) in [6.07, 6.45) is 2.83. The molecule has 4 nitrogen and oxygen atoms in total. The van der Waals surface area contributed by atoms with Gasteiger partial charge in [-0.3, -0.25) is 4.98 Å². The number of nitrogens with zero attached hydrogens (tertiary/aromatic N) is 3. The fraction of sp³-hybridized carbons (Fsp3) is 0.158. The minimum Gasteiger partial charge on any atom is -0.486 e. The number of para-hydroxylation sites is 2. The van der Waals surface area contributed by atoms with Crippen LogP contribution in [-0.2, 0) is 20.1 Å². The van der Waals surface area contributed by atoms with E-state index < -0.39 is 0 Å². The lowest BCUT2D eigenvalue weighted by Gasteiger charge is -2.07. The number of hydrogen-bond acceptors (Lipinski definition) is 4. The second kappa shape index (κ2) is 6.45. The maximum absolute atomic E-state index is 5.90. The van der Waals surface area contributed by atoms with Crippen LogP contribution in [0.15, 0.2) is 60.2 Å². The van der Waals surface area contributed by atoms with Gasteiger partial charge in [0.25, 0.3) is 0 Å². The molecule has 2 aromatic heterocycles. The number of fused-ring (bicyclic) bond motifs is 1. The average molecular weight is 335 g/mol. The number of thiazole rings is 1. The van der Waals surface area contributed by atoms with Crippen molar-refractivity contribution in [3.63, 3.8) is 0 Å². The van der Waals surface area contributed by atoms with Gasteiger partial charge in [0, 0.05) is 24.5 Å². The molecular formula is C19H17N3OS. The third-order valence-electron chi connectivity index (χ3n) is 4.03. The average Bonchev–Trinajstić information content (AvgIpc) is 3.23. The lowest BCUT2D eigenvalue weighted by atomic mass is 10.1. The highest BCUT2D eigenvalue weighted by Gasteiger charge is 2.07. The predicted molar refractivity (Wildman–Crippen MR) is 96.4 cm³/mol. The second-order valence-corrected chi connectivity index (χ2v) is 6.62. The maximum atomic E-state index is 5.90. The molecule has 0 aliphatic rings. The minimum absolute atomic E-state index is 0.458. The SMILES string of the molecule is Cn1c(COc2ccc(Cc3cncs3)cc2)nc2ccccc21. The van der Waals surface area contributed by atoms with E-state index in [4.69, 9.17) is 4.74 Å². The summed E-state index contributed by atoms with van der Waals surface area (Å²) in [5.41, 5.74) is 5.24. The third-order valence-corrected chi connectivity index (χ3v) is 4.81. The highest BCUT2D eigenvalue weighted by molar-refractivity contribution is 7.09. The van der Waals surface area contributed by atoms with Crippen LogP contribution in [0.5, 0.6) is 5.75 Å². The van der Waals surface area contributed by atoms with Gasteiger partial charge in [-0.1, -0.05) is 24.3 Å². The van der Waals surface area contributed by atoms with E-state index in [-0.39, 0.29) is 0 Å². The first-order chi connectivity index (χ1) is 11.8. The van der Waals surface area contributed by atoms with Gasteiger partial charge in [0.05, 0.1) is 16.5 Å². The fourth-order valence-corrected chi connectivity index (χ4v) is 3.34. The molecule has 0 saturated carbocycles. The van der Waals surface area contributed by atoms with E-state index in [1.165, 1.54) is 10.4 Å². The molecule has 0 aliphatic carbocycles. The van der Waals surface area contributed by atoms with Gasteiger partial charge in [0.15, 0.2) is 0 Å². The molecule has 2 heterocycles. The van der Waals surface area contributed by atoms with Gasteiger partial charge in [-0.25, -0.2) is 4.98 Å². The summed E-state index contributed by atoms with van der Waals surface area (Å²) in [4.78, 5) is 10.0.